The van der Waals surface area contributed by atoms with E-state index in [1.165, 1.54) is 11.3 Å². The zero-order valence-electron chi connectivity index (χ0n) is 14.9. The van der Waals surface area contributed by atoms with Gasteiger partial charge in [-0.3, -0.25) is 4.79 Å². The van der Waals surface area contributed by atoms with Gasteiger partial charge < -0.3 is 9.32 Å². The summed E-state index contributed by atoms with van der Waals surface area (Å²) in [6, 6.07) is 3.66. The Morgan fingerprint density at radius 2 is 2.23 bits per heavy atom. The number of thiazole rings is 1. The molecule has 3 rings (SSSR count). The number of aryl methyl sites for hydroxylation is 1. The summed E-state index contributed by atoms with van der Waals surface area (Å²) >= 11 is 1.45. The van der Waals surface area contributed by atoms with Crippen LogP contribution in [0.3, 0.4) is 0 Å². The number of carbonyl (C=O) groups excluding carboxylic acids is 1. The van der Waals surface area contributed by atoms with Crippen LogP contribution in [0.4, 0.5) is 0 Å². The average molecular weight is 398 g/mol. The van der Waals surface area contributed by atoms with Crippen molar-refractivity contribution in [1.29, 1.82) is 0 Å². The summed E-state index contributed by atoms with van der Waals surface area (Å²) in [5.41, 5.74) is 0.712. The van der Waals surface area contributed by atoms with E-state index >= 15 is 0 Å². The number of likely N-dealkylation sites (tertiary alicyclic amines) is 1. The van der Waals surface area contributed by atoms with E-state index < -0.39 is 10.0 Å². The van der Waals surface area contributed by atoms with Crippen molar-refractivity contribution in [3.05, 3.63) is 29.0 Å². The van der Waals surface area contributed by atoms with E-state index in [2.05, 4.69) is 9.71 Å². The molecule has 1 fully saturated rings. The van der Waals surface area contributed by atoms with Crippen LogP contribution in [0.15, 0.2) is 21.9 Å². The van der Waals surface area contributed by atoms with Crippen LogP contribution in [-0.2, 0) is 21.2 Å². The minimum absolute atomic E-state index is 0.0162. The highest BCUT2D eigenvalue weighted by molar-refractivity contribution is 7.88. The van der Waals surface area contributed by atoms with Gasteiger partial charge in [-0.05, 0) is 38.3 Å². The molecule has 3 heterocycles. The Kier molecular flexibility index (Phi) is 5.79. The number of amides is 1. The van der Waals surface area contributed by atoms with E-state index in [0.717, 1.165) is 36.3 Å². The van der Waals surface area contributed by atoms with Crippen LogP contribution in [0.2, 0.25) is 0 Å². The molecule has 1 saturated heterocycles. The SMILES string of the molecule is Cc1ccc(-c2nc(CC(=O)N3CCCCC3CNS(C)(=O)=O)cs2)o1. The van der Waals surface area contributed by atoms with Gasteiger partial charge in [0, 0.05) is 24.5 Å². The van der Waals surface area contributed by atoms with E-state index in [4.69, 9.17) is 4.42 Å². The second-order valence-electron chi connectivity index (χ2n) is 6.59. The Morgan fingerprint density at radius 3 is 2.92 bits per heavy atom. The molecule has 26 heavy (non-hydrogen) atoms. The first kappa shape index (κ1) is 19.1. The molecule has 0 radical (unpaired) electrons. The molecule has 0 saturated carbocycles. The van der Waals surface area contributed by atoms with Crippen LogP contribution < -0.4 is 4.72 Å². The zero-order chi connectivity index (χ0) is 18.7. The number of aromatic nitrogens is 1. The molecule has 1 N–H and O–H groups in total. The molecule has 142 valence electrons. The van der Waals surface area contributed by atoms with Crippen LogP contribution in [-0.4, -0.2) is 49.6 Å². The number of carbonyl (C=O) groups is 1. The Morgan fingerprint density at radius 1 is 1.42 bits per heavy atom. The second kappa shape index (κ2) is 7.89. The lowest BCUT2D eigenvalue weighted by Crippen LogP contribution is -2.49. The minimum atomic E-state index is -3.27. The molecular formula is C17H23N3O4S2. The molecule has 0 bridgehead atoms. The van der Waals surface area contributed by atoms with Gasteiger partial charge in [0.05, 0.1) is 18.4 Å². The summed E-state index contributed by atoms with van der Waals surface area (Å²) in [5.74, 6) is 1.51. The van der Waals surface area contributed by atoms with Gasteiger partial charge in [-0.2, -0.15) is 0 Å². The maximum atomic E-state index is 12.7. The molecule has 7 nitrogen and oxygen atoms in total. The molecule has 0 aliphatic carbocycles. The fourth-order valence-electron chi connectivity index (χ4n) is 3.10. The third-order valence-electron chi connectivity index (χ3n) is 4.36. The normalized spacial score (nSPS) is 18.2. The van der Waals surface area contributed by atoms with Crippen molar-refractivity contribution < 1.29 is 17.6 Å². The van der Waals surface area contributed by atoms with Crippen LogP contribution in [0.25, 0.3) is 10.8 Å². The van der Waals surface area contributed by atoms with Gasteiger partial charge in [0.25, 0.3) is 0 Å². The lowest BCUT2D eigenvalue weighted by atomic mass is 10.0. The highest BCUT2D eigenvalue weighted by Gasteiger charge is 2.27. The van der Waals surface area contributed by atoms with Gasteiger partial charge in [-0.25, -0.2) is 18.1 Å². The predicted octanol–water partition coefficient (Wildman–Crippen LogP) is 2.18. The first-order chi connectivity index (χ1) is 12.3. The molecule has 2 aromatic rings. The Balaban J connectivity index is 1.65. The third-order valence-corrected chi connectivity index (χ3v) is 5.96. The van der Waals surface area contributed by atoms with E-state index in [9.17, 15) is 13.2 Å². The number of sulfonamides is 1. The van der Waals surface area contributed by atoms with Crippen molar-refractivity contribution in [1.82, 2.24) is 14.6 Å². The standard InChI is InChI=1S/C17H23N3O4S2/c1-12-6-7-15(24-12)17-19-13(11-25-17)9-16(21)20-8-4-3-5-14(20)10-18-26(2,22)23/h6-7,11,14,18H,3-5,8-10H2,1-2H3. The fourth-order valence-corrected chi connectivity index (χ4v) is 4.37. The summed E-state index contributed by atoms with van der Waals surface area (Å²) in [4.78, 5) is 19.0. The van der Waals surface area contributed by atoms with E-state index in [0.29, 0.717) is 18.0 Å². The van der Waals surface area contributed by atoms with Crippen LogP contribution in [0, 0.1) is 6.92 Å². The monoisotopic (exact) mass is 397 g/mol. The average Bonchev–Trinajstić information content (AvgIpc) is 3.21. The van der Waals surface area contributed by atoms with Crippen molar-refractivity contribution in [2.45, 2.75) is 38.6 Å². The van der Waals surface area contributed by atoms with Gasteiger partial charge in [0.2, 0.25) is 15.9 Å². The summed E-state index contributed by atoms with van der Waals surface area (Å²) < 4.78 is 30.8. The number of hydrogen-bond donors (Lipinski definition) is 1. The van der Waals surface area contributed by atoms with E-state index in [-0.39, 0.29) is 24.9 Å². The van der Waals surface area contributed by atoms with E-state index in [1.54, 1.807) is 4.90 Å². The number of furan rings is 1. The third kappa shape index (κ3) is 4.93. The molecule has 0 spiro atoms. The quantitative estimate of drug-likeness (QED) is 0.807. The molecule has 1 amide bonds. The van der Waals surface area contributed by atoms with Gasteiger partial charge in [-0.1, -0.05) is 0 Å². The number of rotatable bonds is 6. The zero-order valence-corrected chi connectivity index (χ0v) is 16.5. The Bertz CT molecular complexity index is 872. The molecule has 1 aliphatic rings. The fraction of sp³-hybridized carbons (Fsp3) is 0.529. The summed E-state index contributed by atoms with van der Waals surface area (Å²) in [6.45, 7) is 2.80. The lowest BCUT2D eigenvalue weighted by molar-refractivity contribution is -0.134. The van der Waals surface area contributed by atoms with Gasteiger partial charge in [-0.15, -0.1) is 11.3 Å². The maximum absolute atomic E-state index is 12.7. The molecule has 1 atom stereocenters. The molecule has 9 heteroatoms. The largest absolute Gasteiger partial charge is 0.459 e. The highest BCUT2D eigenvalue weighted by Crippen LogP contribution is 2.26. The first-order valence-electron chi connectivity index (χ1n) is 8.57. The molecular weight excluding hydrogens is 374 g/mol. The molecule has 1 aliphatic heterocycles. The van der Waals surface area contributed by atoms with Crippen molar-refractivity contribution in [3.8, 4) is 10.8 Å². The van der Waals surface area contributed by atoms with Crippen LogP contribution in [0.5, 0.6) is 0 Å². The van der Waals surface area contributed by atoms with E-state index in [1.807, 2.05) is 24.4 Å². The lowest BCUT2D eigenvalue weighted by Gasteiger charge is -2.35. The number of nitrogens with zero attached hydrogens (tertiary/aromatic N) is 2. The van der Waals surface area contributed by atoms with Crippen molar-refractivity contribution in [3.63, 3.8) is 0 Å². The summed E-state index contributed by atoms with van der Waals surface area (Å²) in [6.07, 6.45) is 4.09. The predicted molar refractivity (Wildman–Crippen MR) is 100 cm³/mol. The molecule has 0 aromatic carbocycles. The Labute approximate surface area is 157 Å². The summed E-state index contributed by atoms with van der Waals surface area (Å²) in [5, 5.41) is 2.63. The van der Waals surface area contributed by atoms with Crippen molar-refractivity contribution >= 4 is 27.3 Å². The molecule has 2 aromatic heterocycles. The number of hydrogen-bond acceptors (Lipinski definition) is 6. The summed E-state index contributed by atoms with van der Waals surface area (Å²) in [7, 11) is -3.27. The van der Waals surface area contributed by atoms with Gasteiger partial charge in [0.15, 0.2) is 10.8 Å². The van der Waals surface area contributed by atoms with Crippen molar-refractivity contribution in [2.75, 3.05) is 19.3 Å². The number of nitrogens with one attached hydrogen (secondary N) is 1. The van der Waals surface area contributed by atoms with Gasteiger partial charge in [0.1, 0.15) is 5.76 Å². The van der Waals surface area contributed by atoms with Gasteiger partial charge >= 0.3 is 0 Å². The highest BCUT2D eigenvalue weighted by atomic mass is 32.2. The second-order valence-corrected chi connectivity index (χ2v) is 9.28. The Hall–Kier alpha value is -1.71. The maximum Gasteiger partial charge on any atom is 0.228 e. The van der Waals surface area contributed by atoms with Crippen LogP contribution in [0.1, 0.15) is 30.7 Å². The first-order valence-corrected chi connectivity index (χ1v) is 11.3. The number of piperidine rings is 1. The topological polar surface area (TPSA) is 92.5 Å². The smallest absolute Gasteiger partial charge is 0.228 e. The van der Waals surface area contributed by atoms with Crippen molar-refractivity contribution in [2.24, 2.45) is 0 Å². The molecule has 1 unspecified atom stereocenters. The minimum Gasteiger partial charge on any atom is -0.459 e. The van der Waals surface area contributed by atoms with Crippen LogP contribution >= 0.6 is 11.3 Å².